The second-order valence-corrected chi connectivity index (χ2v) is 5.20. The first-order valence-electron chi connectivity index (χ1n) is 6.75. The summed E-state index contributed by atoms with van der Waals surface area (Å²) in [5, 5.41) is 14.2. The maximum Gasteiger partial charge on any atom is 0.303 e. The molecule has 108 valence electrons. The molecule has 0 bridgehead atoms. The van der Waals surface area contributed by atoms with Crippen molar-refractivity contribution in [1.29, 1.82) is 0 Å². The molecule has 1 unspecified atom stereocenters. The number of hydrogen-bond acceptors (Lipinski definition) is 3. The summed E-state index contributed by atoms with van der Waals surface area (Å²) in [6, 6.07) is 0.374. The van der Waals surface area contributed by atoms with Gasteiger partial charge in [0.2, 0.25) is 11.8 Å². The Bertz CT molecular complexity index is 340. The second kappa shape index (κ2) is 7.76. The SMILES string of the molecule is CC(CC(=O)O)CC(=O)NCCCC(=O)NC1CC1. The van der Waals surface area contributed by atoms with Crippen LogP contribution in [0.15, 0.2) is 0 Å². The molecule has 3 N–H and O–H groups in total. The van der Waals surface area contributed by atoms with Crippen LogP contribution in [-0.4, -0.2) is 35.5 Å². The lowest BCUT2D eigenvalue weighted by atomic mass is 10.0. The summed E-state index contributed by atoms with van der Waals surface area (Å²) in [5.74, 6) is -1.18. The van der Waals surface area contributed by atoms with Crippen molar-refractivity contribution in [3.8, 4) is 0 Å². The van der Waals surface area contributed by atoms with E-state index in [2.05, 4.69) is 10.6 Å². The molecule has 0 aromatic heterocycles. The van der Waals surface area contributed by atoms with Crippen molar-refractivity contribution >= 4 is 17.8 Å². The molecular weight excluding hydrogens is 248 g/mol. The Hall–Kier alpha value is -1.59. The molecule has 1 aliphatic rings. The molecule has 0 aliphatic heterocycles. The fourth-order valence-electron chi connectivity index (χ4n) is 1.76. The molecule has 1 saturated carbocycles. The van der Waals surface area contributed by atoms with Crippen molar-refractivity contribution in [3.63, 3.8) is 0 Å². The standard InChI is InChI=1S/C13H22N2O4/c1-9(8-13(18)19)7-12(17)14-6-2-3-11(16)15-10-4-5-10/h9-10H,2-8H2,1H3,(H,14,17)(H,15,16)(H,18,19). The summed E-state index contributed by atoms with van der Waals surface area (Å²) >= 11 is 0. The van der Waals surface area contributed by atoms with E-state index in [-0.39, 0.29) is 30.6 Å². The molecule has 2 amide bonds. The molecular formula is C13H22N2O4. The van der Waals surface area contributed by atoms with Crippen LogP contribution in [-0.2, 0) is 14.4 Å². The summed E-state index contributed by atoms with van der Waals surface area (Å²) in [5.41, 5.74) is 0. The molecule has 6 heteroatoms. The van der Waals surface area contributed by atoms with E-state index in [4.69, 9.17) is 5.11 Å². The van der Waals surface area contributed by atoms with Gasteiger partial charge in [-0.25, -0.2) is 0 Å². The van der Waals surface area contributed by atoms with Crippen molar-refractivity contribution in [2.24, 2.45) is 5.92 Å². The molecule has 1 aliphatic carbocycles. The van der Waals surface area contributed by atoms with E-state index in [1.807, 2.05) is 0 Å². The van der Waals surface area contributed by atoms with Gasteiger partial charge < -0.3 is 15.7 Å². The van der Waals surface area contributed by atoms with E-state index in [0.717, 1.165) is 12.8 Å². The average molecular weight is 270 g/mol. The van der Waals surface area contributed by atoms with Crippen LogP contribution in [0, 0.1) is 5.92 Å². The topological polar surface area (TPSA) is 95.5 Å². The highest BCUT2D eigenvalue weighted by Gasteiger charge is 2.22. The first-order chi connectivity index (χ1) is 8.97. The average Bonchev–Trinajstić information content (AvgIpc) is 3.06. The summed E-state index contributed by atoms with van der Waals surface area (Å²) in [4.78, 5) is 33.3. The molecule has 0 saturated heterocycles. The van der Waals surface area contributed by atoms with Crippen LogP contribution >= 0.6 is 0 Å². The summed E-state index contributed by atoms with van der Waals surface area (Å²) < 4.78 is 0. The monoisotopic (exact) mass is 270 g/mol. The Balaban J connectivity index is 1.99. The smallest absolute Gasteiger partial charge is 0.303 e. The van der Waals surface area contributed by atoms with Gasteiger partial charge in [0.15, 0.2) is 0 Å². The maximum atomic E-state index is 11.5. The van der Waals surface area contributed by atoms with E-state index in [1.54, 1.807) is 6.92 Å². The van der Waals surface area contributed by atoms with E-state index in [9.17, 15) is 14.4 Å². The minimum atomic E-state index is -0.892. The number of nitrogens with one attached hydrogen (secondary N) is 2. The van der Waals surface area contributed by atoms with Gasteiger partial charge in [-0.05, 0) is 25.2 Å². The quantitative estimate of drug-likeness (QED) is 0.536. The van der Waals surface area contributed by atoms with Gasteiger partial charge in [0.05, 0.1) is 0 Å². The molecule has 0 aromatic rings. The summed E-state index contributed by atoms with van der Waals surface area (Å²) in [6.45, 7) is 2.19. The summed E-state index contributed by atoms with van der Waals surface area (Å²) in [6.07, 6.45) is 3.38. The molecule has 0 radical (unpaired) electrons. The molecule has 0 heterocycles. The number of rotatable bonds is 9. The Morgan fingerprint density at radius 2 is 1.89 bits per heavy atom. The molecule has 1 fully saturated rings. The van der Waals surface area contributed by atoms with Crippen molar-refractivity contribution in [2.75, 3.05) is 6.54 Å². The predicted octanol–water partition coefficient (Wildman–Crippen LogP) is 0.662. The first kappa shape index (κ1) is 15.5. The third-order valence-electron chi connectivity index (χ3n) is 2.90. The lowest BCUT2D eigenvalue weighted by Gasteiger charge is -2.09. The van der Waals surface area contributed by atoms with Crippen LogP contribution in [0.5, 0.6) is 0 Å². The molecule has 6 nitrogen and oxygen atoms in total. The lowest BCUT2D eigenvalue weighted by molar-refractivity contribution is -0.138. The normalized spacial score (nSPS) is 15.6. The van der Waals surface area contributed by atoms with Gasteiger partial charge in [0.1, 0.15) is 0 Å². The number of carbonyl (C=O) groups excluding carboxylic acids is 2. The highest BCUT2D eigenvalue weighted by molar-refractivity contribution is 5.78. The number of hydrogen-bond donors (Lipinski definition) is 3. The van der Waals surface area contributed by atoms with Crippen LogP contribution in [0.4, 0.5) is 0 Å². The van der Waals surface area contributed by atoms with Crippen LogP contribution in [0.2, 0.25) is 0 Å². The van der Waals surface area contributed by atoms with Crippen LogP contribution in [0.3, 0.4) is 0 Å². The number of aliphatic carboxylic acids is 1. The van der Waals surface area contributed by atoms with Gasteiger partial charge in [0, 0.05) is 31.8 Å². The van der Waals surface area contributed by atoms with Crippen molar-refractivity contribution < 1.29 is 19.5 Å². The van der Waals surface area contributed by atoms with Gasteiger partial charge in [-0.1, -0.05) is 6.92 Å². The highest BCUT2D eigenvalue weighted by Crippen LogP contribution is 2.18. The maximum absolute atomic E-state index is 11.5. The molecule has 1 rings (SSSR count). The number of carboxylic acid groups (broad SMARTS) is 1. The van der Waals surface area contributed by atoms with Gasteiger partial charge in [-0.15, -0.1) is 0 Å². The minimum Gasteiger partial charge on any atom is -0.481 e. The Labute approximate surface area is 112 Å². The number of carboxylic acids is 1. The number of amides is 2. The fraction of sp³-hybridized carbons (Fsp3) is 0.769. The van der Waals surface area contributed by atoms with Crippen LogP contribution < -0.4 is 10.6 Å². The largest absolute Gasteiger partial charge is 0.481 e. The zero-order valence-corrected chi connectivity index (χ0v) is 11.3. The van der Waals surface area contributed by atoms with E-state index < -0.39 is 5.97 Å². The molecule has 19 heavy (non-hydrogen) atoms. The molecule has 0 aromatic carbocycles. The van der Waals surface area contributed by atoms with Crippen molar-refractivity contribution in [3.05, 3.63) is 0 Å². The fourth-order valence-corrected chi connectivity index (χ4v) is 1.76. The van der Waals surface area contributed by atoms with Gasteiger partial charge in [0.25, 0.3) is 0 Å². The summed E-state index contributed by atoms with van der Waals surface area (Å²) in [7, 11) is 0. The Kier molecular flexibility index (Phi) is 6.32. The number of carbonyl (C=O) groups is 3. The zero-order chi connectivity index (χ0) is 14.3. The van der Waals surface area contributed by atoms with E-state index in [0.29, 0.717) is 25.4 Å². The third kappa shape index (κ3) is 8.18. The Morgan fingerprint density at radius 3 is 2.47 bits per heavy atom. The second-order valence-electron chi connectivity index (χ2n) is 5.20. The van der Waals surface area contributed by atoms with Gasteiger partial charge >= 0.3 is 5.97 Å². The highest BCUT2D eigenvalue weighted by atomic mass is 16.4. The molecule has 0 spiro atoms. The van der Waals surface area contributed by atoms with E-state index >= 15 is 0 Å². The Morgan fingerprint density at radius 1 is 1.21 bits per heavy atom. The minimum absolute atomic E-state index is 0.00276. The molecule has 1 atom stereocenters. The van der Waals surface area contributed by atoms with Crippen LogP contribution in [0.25, 0.3) is 0 Å². The van der Waals surface area contributed by atoms with Gasteiger partial charge in [-0.2, -0.15) is 0 Å². The third-order valence-corrected chi connectivity index (χ3v) is 2.90. The predicted molar refractivity (Wildman–Crippen MR) is 69.4 cm³/mol. The zero-order valence-electron chi connectivity index (χ0n) is 11.3. The van der Waals surface area contributed by atoms with E-state index in [1.165, 1.54) is 0 Å². The first-order valence-corrected chi connectivity index (χ1v) is 6.75. The van der Waals surface area contributed by atoms with Crippen molar-refractivity contribution in [1.82, 2.24) is 10.6 Å². The van der Waals surface area contributed by atoms with Gasteiger partial charge in [-0.3, -0.25) is 14.4 Å². The van der Waals surface area contributed by atoms with Crippen LogP contribution in [0.1, 0.15) is 45.4 Å². The van der Waals surface area contributed by atoms with Crippen molar-refractivity contribution in [2.45, 2.75) is 51.5 Å². The lowest BCUT2D eigenvalue weighted by Crippen LogP contribution is -2.29.